The molecular weight excluding hydrogens is 384 g/mol. The Morgan fingerprint density at radius 2 is 1.58 bits per heavy atom. The van der Waals surface area contributed by atoms with Gasteiger partial charge in [-0.05, 0) is 90.4 Å². The predicted octanol–water partition coefficient (Wildman–Crippen LogP) is 6.01. The van der Waals surface area contributed by atoms with Gasteiger partial charge < -0.3 is 19.7 Å². The van der Waals surface area contributed by atoms with Crippen LogP contribution in [0.5, 0.6) is 5.75 Å². The molecule has 31 heavy (non-hydrogen) atoms. The van der Waals surface area contributed by atoms with Crippen LogP contribution in [-0.2, 0) is 6.54 Å². The predicted molar refractivity (Wildman–Crippen MR) is 133 cm³/mol. The van der Waals surface area contributed by atoms with Gasteiger partial charge in [0.2, 0.25) is 0 Å². The smallest absolute Gasteiger partial charge is 0.129 e. The van der Waals surface area contributed by atoms with Crippen molar-refractivity contribution in [3.8, 4) is 17.0 Å². The van der Waals surface area contributed by atoms with Crippen LogP contribution in [-0.4, -0.2) is 40.7 Å². The molecule has 0 saturated carbocycles. The lowest BCUT2D eigenvalue weighted by molar-refractivity contribution is 0.245. The zero-order chi connectivity index (χ0) is 21.7. The minimum atomic E-state index is 0. The van der Waals surface area contributed by atoms with Gasteiger partial charge in [0.15, 0.2) is 0 Å². The standard InChI is InChI=1S/C21H25NO.C6H13N.H2O/c1-6-22-18-12-9-13-19(23-14(2)3)20(18)16(5)21(22)17-11-8-7-10-15(17)4;1-2-7-5-3-4-6-7;/h7-14H,6H2,1-5H3;2-6H2,1H3;1H2. The fourth-order valence-electron chi connectivity index (χ4n) is 4.53. The summed E-state index contributed by atoms with van der Waals surface area (Å²) in [6, 6.07) is 15.0. The van der Waals surface area contributed by atoms with E-state index in [9.17, 15) is 0 Å². The van der Waals surface area contributed by atoms with E-state index >= 15 is 0 Å². The van der Waals surface area contributed by atoms with Gasteiger partial charge in [0.25, 0.3) is 0 Å². The summed E-state index contributed by atoms with van der Waals surface area (Å²) >= 11 is 0. The largest absolute Gasteiger partial charge is 0.490 e. The number of fused-ring (bicyclic) bond motifs is 1. The number of aryl methyl sites for hydroxylation is 3. The fourth-order valence-corrected chi connectivity index (χ4v) is 4.53. The summed E-state index contributed by atoms with van der Waals surface area (Å²) in [5, 5.41) is 1.24. The molecule has 2 aromatic carbocycles. The molecule has 1 aliphatic rings. The maximum Gasteiger partial charge on any atom is 0.129 e. The first kappa shape index (κ1) is 25.0. The summed E-state index contributed by atoms with van der Waals surface area (Å²) in [5.41, 5.74) is 6.46. The van der Waals surface area contributed by atoms with Crippen LogP contribution in [0.1, 0.15) is 51.7 Å². The van der Waals surface area contributed by atoms with Crippen LogP contribution in [0.15, 0.2) is 42.5 Å². The minimum absolute atomic E-state index is 0. The lowest BCUT2D eigenvalue weighted by Gasteiger charge is -2.11. The van der Waals surface area contributed by atoms with E-state index in [1.54, 1.807) is 0 Å². The Bertz CT molecular complexity index is 969. The zero-order valence-corrected chi connectivity index (χ0v) is 20.2. The first-order valence-corrected chi connectivity index (χ1v) is 11.5. The molecule has 4 heteroatoms. The molecule has 0 spiro atoms. The number of benzene rings is 2. The number of hydrogen-bond acceptors (Lipinski definition) is 2. The third-order valence-electron chi connectivity index (χ3n) is 6.02. The monoisotopic (exact) mass is 424 g/mol. The van der Waals surface area contributed by atoms with E-state index in [1.807, 2.05) is 0 Å². The number of nitrogens with zero attached hydrogens (tertiary/aromatic N) is 2. The fraction of sp³-hybridized carbons (Fsp3) is 0.481. The van der Waals surface area contributed by atoms with Gasteiger partial charge >= 0.3 is 0 Å². The summed E-state index contributed by atoms with van der Waals surface area (Å²) in [6.07, 6.45) is 3.02. The summed E-state index contributed by atoms with van der Waals surface area (Å²) in [5.74, 6) is 0.983. The third kappa shape index (κ3) is 5.50. The molecule has 0 atom stereocenters. The first-order chi connectivity index (χ1) is 14.5. The third-order valence-corrected chi connectivity index (χ3v) is 6.02. The Labute approximate surface area is 188 Å². The van der Waals surface area contributed by atoms with Crippen LogP contribution in [0.25, 0.3) is 22.2 Å². The maximum absolute atomic E-state index is 6.07. The molecule has 0 bridgehead atoms. The van der Waals surface area contributed by atoms with Crippen molar-refractivity contribution in [2.45, 2.75) is 67.0 Å². The molecule has 2 N–H and O–H groups in total. The SMILES string of the molecule is CCN1CCCC1.CCn1c(-c2ccccc2C)c(C)c2c(OC(C)C)cccc21.O. The molecule has 0 amide bonds. The topological polar surface area (TPSA) is 48.9 Å². The van der Waals surface area contributed by atoms with Crippen molar-refractivity contribution in [1.82, 2.24) is 9.47 Å². The number of likely N-dealkylation sites (tertiary alicyclic amines) is 1. The highest BCUT2D eigenvalue weighted by atomic mass is 16.5. The average molecular weight is 425 g/mol. The van der Waals surface area contributed by atoms with E-state index in [-0.39, 0.29) is 11.6 Å². The van der Waals surface area contributed by atoms with Crippen LogP contribution < -0.4 is 4.74 Å². The van der Waals surface area contributed by atoms with Crippen molar-refractivity contribution in [3.63, 3.8) is 0 Å². The molecule has 1 aromatic heterocycles. The van der Waals surface area contributed by atoms with Gasteiger partial charge in [-0.15, -0.1) is 0 Å². The van der Waals surface area contributed by atoms with Crippen molar-refractivity contribution in [3.05, 3.63) is 53.6 Å². The lowest BCUT2D eigenvalue weighted by atomic mass is 10.0. The number of hydrogen-bond donors (Lipinski definition) is 0. The van der Waals surface area contributed by atoms with E-state index in [4.69, 9.17) is 4.74 Å². The number of ether oxygens (including phenoxy) is 1. The van der Waals surface area contributed by atoms with Crippen LogP contribution in [0, 0.1) is 13.8 Å². The summed E-state index contributed by atoms with van der Waals surface area (Å²) in [6.45, 7) is 17.9. The van der Waals surface area contributed by atoms with Gasteiger partial charge in [-0.2, -0.15) is 0 Å². The number of aromatic nitrogens is 1. The molecule has 1 fully saturated rings. The Hall–Kier alpha value is -2.30. The van der Waals surface area contributed by atoms with Crippen molar-refractivity contribution in [2.75, 3.05) is 19.6 Å². The second kappa shape index (κ2) is 11.4. The molecule has 170 valence electrons. The molecular formula is C27H40N2O2. The molecule has 0 aliphatic carbocycles. The quantitative estimate of drug-likeness (QED) is 0.503. The van der Waals surface area contributed by atoms with Crippen LogP contribution in [0.4, 0.5) is 0 Å². The zero-order valence-electron chi connectivity index (χ0n) is 20.2. The van der Waals surface area contributed by atoms with Gasteiger partial charge in [0.1, 0.15) is 5.75 Å². The van der Waals surface area contributed by atoms with Crippen molar-refractivity contribution in [1.29, 1.82) is 0 Å². The molecule has 0 radical (unpaired) electrons. The van der Waals surface area contributed by atoms with E-state index in [0.717, 1.165) is 12.3 Å². The van der Waals surface area contributed by atoms with Gasteiger partial charge in [-0.1, -0.05) is 37.3 Å². The Balaban J connectivity index is 0.000000364. The Kier molecular flexibility index (Phi) is 9.15. The second-order valence-electron chi connectivity index (χ2n) is 8.49. The minimum Gasteiger partial charge on any atom is -0.490 e. The van der Waals surface area contributed by atoms with Crippen LogP contribution in [0.3, 0.4) is 0 Å². The van der Waals surface area contributed by atoms with E-state index in [1.165, 1.54) is 65.8 Å². The Morgan fingerprint density at radius 1 is 0.903 bits per heavy atom. The van der Waals surface area contributed by atoms with E-state index in [0.29, 0.717) is 0 Å². The summed E-state index contributed by atoms with van der Waals surface area (Å²) in [4.78, 5) is 2.49. The van der Waals surface area contributed by atoms with Gasteiger partial charge in [-0.25, -0.2) is 0 Å². The molecule has 3 aromatic rings. The van der Waals surface area contributed by atoms with Crippen molar-refractivity contribution >= 4 is 10.9 Å². The van der Waals surface area contributed by atoms with Gasteiger partial charge in [-0.3, -0.25) is 0 Å². The molecule has 4 nitrogen and oxygen atoms in total. The van der Waals surface area contributed by atoms with Crippen LogP contribution >= 0.6 is 0 Å². The van der Waals surface area contributed by atoms with E-state index < -0.39 is 0 Å². The Morgan fingerprint density at radius 3 is 2.13 bits per heavy atom. The van der Waals surface area contributed by atoms with Crippen molar-refractivity contribution in [2.24, 2.45) is 0 Å². The second-order valence-corrected chi connectivity index (χ2v) is 8.49. The molecule has 2 heterocycles. The summed E-state index contributed by atoms with van der Waals surface area (Å²) < 4.78 is 8.48. The molecule has 1 saturated heterocycles. The summed E-state index contributed by atoms with van der Waals surface area (Å²) in [7, 11) is 0. The van der Waals surface area contributed by atoms with Gasteiger partial charge in [0, 0.05) is 17.5 Å². The van der Waals surface area contributed by atoms with Crippen LogP contribution in [0.2, 0.25) is 0 Å². The maximum atomic E-state index is 6.07. The lowest BCUT2D eigenvalue weighted by Crippen LogP contribution is -2.17. The average Bonchev–Trinajstić information content (AvgIpc) is 3.35. The molecule has 0 unspecified atom stereocenters. The number of rotatable bonds is 5. The molecule has 4 rings (SSSR count). The molecule has 1 aliphatic heterocycles. The van der Waals surface area contributed by atoms with E-state index in [2.05, 4.69) is 93.5 Å². The van der Waals surface area contributed by atoms with Gasteiger partial charge in [0.05, 0.1) is 17.3 Å². The first-order valence-electron chi connectivity index (χ1n) is 11.5. The highest BCUT2D eigenvalue weighted by Crippen LogP contribution is 2.39. The highest BCUT2D eigenvalue weighted by Gasteiger charge is 2.19. The van der Waals surface area contributed by atoms with Crippen molar-refractivity contribution < 1.29 is 10.2 Å². The normalized spacial score (nSPS) is 13.8. The highest BCUT2D eigenvalue weighted by molar-refractivity contribution is 5.96.